The number of sulfone groups is 1. The highest BCUT2D eigenvalue weighted by Gasteiger charge is 2.42. The summed E-state index contributed by atoms with van der Waals surface area (Å²) in [7, 11) is -3.04. The molecule has 1 saturated carbocycles. The van der Waals surface area contributed by atoms with Crippen LogP contribution in [0.5, 0.6) is 0 Å². The fourth-order valence-electron chi connectivity index (χ4n) is 4.17. The normalized spacial score (nSPS) is 19.8. The number of nitrogens with zero attached hydrogens (tertiary/aromatic N) is 4. The van der Waals surface area contributed by atoms with E-state index >= 15 is 0 Å². The summed E-state index contributed by atoms with van der Waals surface area (Å²) in [6, 6.07) is 14.0. The van der Waals surface area contributed by atoms with Gasteiger partial charge in [-0.1, -0.05) is 36.0 Å². The summed E-state index contributed by atoms with van der Waals surface area (Å²) in [4.78, 5) is 16.2. The van der Waals surface area contributed by atoms with E-state index < -0.39 is 9.84 Å². The van der Waals surface area contributed by atoms with Crippen LogP contribution < -0.4 is 0 Å². The first-order chi connectivity index (χ1) is 15.5. The van der Waals surface area contributed by atoms with Crippen LogP contribution in [0.2, 0.25) is 0 Å². The number of rotatable bonds is 8. The van der Waals surface area contributed by atoms with Gasteiger partial charge >= 0.3 is 0 Å². The molecule has 0 spiro atoms. The number of hydrogen-bond acceptors (Lipinski definition) is 7. The minimum absolute atomic E-state index is 0.0120. The van der Waals surface area contributed by atoms with E-state index in [1.165, 1.54) is 16.6 Å². The number of carbonyl (C=O) groups excluding carboxylic acids is 1. The van der Waals surface area contributed by atoms with Crippen molar-refractivity contribution >= 4 is 38.8 Å². The van der Waals surface area contributed by atoms with Crippen LogP contribution in [-0.2, 0) is 21.1 Å². The lowest BCUT2D eigenvalue weighted by Gasteiger charge is -2.28. The molecule has 2 aromatic heterocycles. The molecule has 3 heterocycles. The minimum Gasteiger partial charge on any atom is -0.335 e. The fraction of sp³-hybridized carbons (Fsp3) is 0.409. The molecule has 2 fully saturated rings. The van der Waals surface area contributed by atoms with Crippen LogP contribution in [-0.4, -0.2) is 63.3 Å². The first-order valence-corrected chi connectivity index (χ1v) is 14.4. The maximum atomic E-state index is 13.2. The molecule has 5 rings (SSSR count). The first kappa shape index (κ1) is 21.7. The van der Waals surface area contributed by atoms with Gasteiger partial charge in [-0.2, -0.15) is 0 Å². The van der Waals surface area contributed by atoms with Gasteiger partial charge in [0.1, 0.15) is 5.82 Å². The Bertz CT molecular complexity index is 1190. The average molecular weight is 489 g/mol. The van der Waals surface area contributed by atoms with E-state index in [1.54, 1.807) is 11.3 Å². The van der Waals surface area contributed by atoms with E-state index in [1.807, 2.05) is 51.2 Å². The fourth-order valence-corrected chi connectivity index (χ4v) is 7.42. The van der Waals surface area contributed by atoms with Gasteiger partial charge in [0.05, 0.1) is 17.3 Å². The summed E-state index contributed by atoms with van der Waals surface area (Å²) in [6.45, 7) is 0. The number of aromatic nitrogens is 3. The molecule has 0 N–H and O–H groups in total. The number of hydrogen-bond donors (Lipinski definition) is 0. The number of para-hydroxylation sites is 1. The third-order valence-electron chi connectivity index (χ3n) is 5.78. The largest absolute Gasteiger partial charge is 0.335 e. The maximum Gasteiger partial charge on any atom is 0.233 e. The molecule has 1 unspecified atom stereocenters. The van der Waals surface area contributed by atoms with Crippen LogP contribution in [0.4, 0.5) is 0 Å². The molecule has 1 aliphatic carbocycles. The summed E-state index contributed by atoms with van der Waals surface area (Å²) in [6.07, 6.45) is 3.12. The zero-order chi connectivity index (χ0) is 22.1. The summed E-state index contributed by atoms with van der Waals surface area (Å²) in [5, 5.41) is 11.5. The van der Waals surface area contributed by atoms with Crippen LogP contribution in [0.3, 0.4) is 0 Å². The number of amides is 1. The SMILES string of the molecule is O=C(CSc1nnc(Cc2cccs2)n1-c1ccccc1)N(C1CC1)C1CCS(=O)(=O)C1. The maximum absolute atomic E-state index is 13.2. The van der Waals surface area contributed by atoms with Gasteiger partial charge < -0.3 is 4.90 Å². The summed E-state index contributed by atoms with van der Waals surface area (Å²) in [5.74, 6) is 1.30. The average Bonchev–Trinajstić information content (AvgIpc) is 3.16. The van der Waals surface area contributed by atoms with Crippen molar-refractivity contribution in [2.24, 2.45) is 0 Å². The van der Waals surface area contributed by atoms with E-state index in [2.05, 4.69) is 16.3 Å². The van der Waals surface area contributed by atoms with Crippen LogP contribution in [0.25, 0.3) is 5.69 Å². The third kappa shape index (κ3) is 4.77. The lowest BCUT2D eigenvalue weighted by Crippen LogP contribution is -2.43. The lowest BCUT2D eigenvalue weighted by molar-refractivity contribution is -0.130. The van der Waals surface area contributed by atoms with Gasteiger partial charge in [-0.05, 0) is 42.8 Å². The van der Waals surface area contributed by atoms with Crippen LogP contribution in [0.15, 0.2) is 53.0 Å². The Morgan fingerprint density at radius 3 is 2.56 bits per heavy atom. The molecule has 10 heteroatoms. The Labute approximate surface area is 195 Å². The van der Waals surface area contributed by atoms with E-state index in [0.717, 1.165) is 24.4 Å². The second kappa shape index (κ2) is 8.99. The van der Waals surface area contributed by atoms with E-state index in [0.29, 0.717) is 18.0 Å². The van der Waals surface area contributed by atoms with Crippen molar-refractivity contribution < 1.29 is 13.2 Å². The predicted octanol–water partition coefficient (Wildman–Crippen LogP) is 3.19. The monoisotopic (exact) mass is 488 g/mol. The molecule has 0 radical (unpaired) electrons. The topological polar surface area (TPSA) is 85.2 Å². The summed E-state index contributed by atoms with van der Waals surface area (Å²) >= 11 is 3.05. The quantitative estimate of drug-likeness (QED) is 0.453. The number of thiophene rings is 1. The van der Waals surface area contributed by atoms with Crippen molar-refractivity contribution in [3.8, 4) is 5.69 Å². The first-order valence-electron chi connectivity index (χ1n) is 10.7. The molecule has 7 nitrogen and oxygen atoms in total. The lowest BCUT2D eigenvalue weighted by atomic mass is 10.2. The van der Waals surface area contributed by atoms with Gasteiger partial charge in [0, 0.05) is 29.1 Å². The molecule has 0 bridgehead atoms. The molecule has 32 heavy (non-hydrogen) atoms. The Morgan fingerprint density at radius 2 is 1.91 bits per heavy atom. The molecule has 1 aromatic carbocycles. The van der Waals surface area contributed by atoms with Crippen molar-refractivity contribution in [2.75, 3.05) is 17.3 Å². The Hall–Kier alpha value is -2.17. The van der Waals surface area contributed by atoms with Gasteiger partial charge in [0.2, 0.25) is 5.91 Å². The molecular weight excluding hydrogens is 464 g/mol. The molecule has 3 aromatic rings. The van der Waals surface area contributed by atoms with Crippen molar-refractivity contribution in [1.29, 1.82) is 0 Å². The highest BCUT2D eigenvalue weighted by Crippen LogP contribution is 2.33. The van der Waals surface area contributed by atoms with Crippen molar-refractivity contribution in [3.05, 3.63) is 58.5 Å². The van der Waals surface area contributed by atoms with E-state index in [9.17, 15) is 13.2 Å². The van der Waals surface area contributed by atoms with Gasteiger partial charge in [0.15, 0.2) is 15.0 Å². The van der Waals surface area contributed by atoms with E-state index in [-0.39, 0.29) is 35.2 Å². The zero-order valence-corrected chi connectivity index (χ0v) is 19.9. The highest BCUT2D eigenvalue weighted by molar-refractivity contribution is 7.99. The van der Waals surface area contributed by atoms with E-state index in [4.69, 9.17) is 0 Å². The predicted molar refractivity (Wildman–Crippen MR) is 126 cm³/mol. The molecule has 168 valence electrons. The van der Waals surface area contributed by atoms with Gasteiger partial charge in [-0.25, -0.2) is 8.42 Å². The van der Waals surface area contributed by atoms with Gasteiger partial charge in [0.25, 0.3) is 0 Å². The molecule has 1 aliphatic heterocycles. The van der Waals surface area contributed by atoms with Crippen LogP contribution in [0.1, 0.15) is 30.0 Å². The minimum atomic E-state index is -3.04. The molecule has 1 amide bonds. The summed E-state index contributed by atoms with van der Waals surface area (Å²) < 4.78 is 25.9. The smallest absolute Gasteiger partial charge is 0.233 e. The van der Waals surface area contributed by atoms with Gasteiger partial charge in [-0.15, -0.1) is 21.5 Å². The second-order valence-corrected chi connectivity index (χ2v) is 12.4. The Morgan fingerprint density at radius 1 is 1.09 bits per heavy atom. The third-order valence-corrected chi connectivity index (χ3v) is 9.32. The van der Waals surface area contributed by atoms with Gasteiger partial charge in [-0.3, -0.25) is 9.36 Å². The number of thioether (sulfide) groups is 1. The molecule has 2 aliphatic rings. The van der Waals surface area contributed by atoms with Crippen molar-refractivity contribution in [2.45, 2.75) is 42.9 Å². The van der Waals surface area contributed by atoms with Crippen LogP contribution >= 0.6 is 23.1 Å². The Balaban J connectivity index is 1.35. The molecule has 1 atom stereocenters. The van der Waals surface area contributed by atoms with Crippen LogP contribution in [0, 0.1) is 0 Å². The number of benzene rings is 1. The molecule has 1 saturated heterocycles. The standard InChI is InChI=1S/C22H24N4O3S3/c27-21(25(17-8-9-17)18-10-12-32(28,29)15-18)14-31-22-24-23-20(13-19-7-4-11-30-19)26(22)16-5-2-1-3-6-16/h1-7,11,17-18H,8-10,12-15H2. The van der Waals surface area contributed by atoms with Crippen molar-refractivity contribution in [1.82, 2.24) is 19.7 Å². The Kier molecular flexibility index (Phi) is 6.09. The van der Waals surface area contributed by atoms with Crippen molar-refractivity contribution in [3.63, 3.8) is 0 Å². The number of carbonyl (C=O) groups is 1. The summed E-state index contributed by atoms with van der Waals surface area (Å²) in [5.41, 5.74) is 0.958. The molecular formula is C22H24N4O3S3. The second-order valence-electron chi connectivity index (χ2n) is 8.20. The highest BCUT2D eigenvalue weighted by atomic mass is 32.2. The zero-order valence-electron chi connectivity index (χ0n) is 17.5.